The first-order chi connectivity index (χ1) is 30.5. The molecule has 3 atom stereocenters. The number of ether oxygens (including phenoxy) is 1. The zero-order chi connectivity index (χ0) is 45.2. The number of allylic oxidation sites excluding steroid dienone is 14. The van der Waals surface area contributed by atoms with Crippen molar-refractivity contribution in [3.63, 3.8) is 0 Å². The minimum absolute atomic E-state index is 0.0406. The molecule has 6 heteroatoms. The molecular weight excluding hydrogens is 767 g/mol. The summed E-state index contributed by atoms with van der Waals surface area (Å²) in [4.78, 5) is 26.1. The maximum atomic E-state index is 13.2. The van der Waals surface area contributed by atoms with Gasteiger partial charge in [0.25, 0.3) is 0 Å². The minimum atomic E-state index is -0.805. The van der Waals surface area contributed by atoms with Gasteiger partial charge in [-0.15, -0.1) is 0 Å². The van der Waals surface area contributed by atoms with Gasteiger partial charge in [-0.2, -0.15) is 0 Å². The second-order valence-electron chi connectivity index (χ2n) is 17.3. The lowest BCUT2D eigenvalue weighted by molar-refractivity contribution is -0.151. The predicted molar refractivity (Wildman–Crippen MR) is 268 cm³/mol. The van der Waals surface area contributed by atoms with Gasteiger partial charge in [0.15, 0.2) is 0 Å². The van der Waals surface area contributed by atoms with E-state index in [9.17, 15) is 19.8 Å². The van der Waals surface area contributed by atoms with Gasteiger partial charge in [-0.1, -0.05) is 234 Å². The molecule has 0 rings (SSSR count). The Morgan fingerprint density at radius 3 is 1.37 bits per heavy atom. The van der Waals surface area contributed by atoms with E-state index in [4.69, 9.17) is 4.74 Å². The summed E-state index contributed by atoms with van der Waals surface area (Å²) in [6.07, 6.45) is 63.5. The summed E-state index contributed by atoms with van der Waals surface area (Å²) in [5.41, 5.74) is 0. The zero-order valence-corrected chi connectivity index (χ0v) is 40.5. The Morgan fingerprint density at radius 1 is 0.484 bits per heavy atom. The summed E-state index contributed by atoms with van der Waals surface area (Å²) in [5.74, 6) is -0.540. The van der Waals surface area contributed by atoms with Crippen LogP contribution in [-0.4, -0.2) is 46.9 Å². The van der Waals surface area contributed by atoms with E-state index in [0.29, 0.717) is 19.3 Å². The van der Waals surface area contributed by atoms with Gasteiger partial charge >= 0.3 is 5.97 Å². The third-order valence-electron chi connectivity index (χ3n) is 11.4. The molecule has 356 valence electrons. The second-order valence-corrected chi connectivity index (χ2v) is 17.3. The van der Waals surface area contributed by atoms with Gasteiger partial charge in [0.05, 0.1) is 25.2 Å². The molecule has 3 unspecified atom stereocenters. The molecule has 0 radical (unpaired) electrons. The van der Waals surface area contributed by atoms with Crippen LogP contribution in [0.3, 0.4) is 0 Å². The quantitative estimate of drug-likeness (QED) is 0.0322. The van der Waals surface area contributed by atoms with Crippen molar-refractivity contribution in [2.75, 3.05) is 6.61 Å². The fourth-order valence-electron chi connectivity index (χ4n) is 7.44. The van der Waals surface area contributed by atoms with Crippen LogP contribution in [0.4, 0.5) is 0 Å². The third kappa shape index (κ3) is 43.7. The van der Waals surface area contributed by atoms with Crippen molar-refractivity contribution in [1.82, 2.24) is 5.32 Å². The summed E-state index contributed by atoms with van der Waals surface area (Å²) in [6, 6.07) is -0.722. The molecule has 0 saturated heterocycles. The van der Waals surface area contributed by atoms with Crippen molar-refractivity contribution in [3.05, 3.63) is 85.1 Å². The summed E-state index contributed by atoms with van der Waals surface area (Å²) in [6.45, 7) is 6.29. The van der Waals surface area contributed by atoms with E-state index in [0.717, 1.165) is 96.3 Å². The van der Waals surface area contributed by atoms with Crippen molar-refractivity contribution in [2.45, 2.75) is 251 Å². The number of hydrogen-bond acceptors (Lipinski definition) is 5. The number of aliphatic hydroxyl groups is 2. The highest BCUT2D eigenvalue weighted by Crippen LogP contribution is 2.17. The fraction of sp³-hybridized carbons (Fsp3) is 0.714. The molecule has 0 saturated carbocycles. The van der Waals surface area contributed by atoms with Crippen molar-refractivity contribution >= 4 is 11.9 Å². The van der Waals surface area contributed by atoms with Crippen LogP contribution in [0.5, 0.6) is 0 Å². The molecule has 0 aromatic carbocycles. The van der Waals surface area contributed by atoms with Crippen molar-refractivity contribution < 1.29 is 24.5 Å². The van der Waals surface area contributed by atoms with Crippen LogP contribution in [0, 0.1) is 0 Å². The first-order valence-corrected chi connectivity index (χ1v) is 25.9. The summed E-state index contributed by atoms with van der Waals surface area (Å²) < 4.78 is 5.90. The number of aliphatic hydroxyl groups excluding tert-OH is 2. The molecule has 0 aliphatic heterocycles. The lowest BCUT2D eigenvalue weighted by Crippen LogP contribution is -2.46. The molecule has 0 aromatic rings. The molecule has 0 aliphatic carbocycles. The number of amides is 1. The number of rotatable bonds is 45. The largest absolute Gasteiger partial charge is 0.462 e. The highest BCUT2D eigenvalue weighted by atomic mass is 16.5. The summed E-state index contributed by atoms with van der Waals surface area (Å²) >= 11 is 0. The highest BCUT2D eigenvalue weighted by molar-refractivity contribution is 5.77. The molecule has 0 heterocycles. The monoisotopic (exact) mass is 864 g/mol. The number of carbonyl (C=O) groups excluding carboxylic acids is 2. The van der Waals surface area contributed by atoms with Crippen LogP contribution in [-0.2, 0) is 14.3 Å². The molecule has 0 spiro atoms. The number of unbranched alkanes of at least 4 members (excludes halogenated alkanes) is 24. The lowest BCUT2D eigenvalue weighted by atomic mass is 10.0. The number of nitrogens with one attached hydrogen (secondary N) is 1. The van der Waals surface area contributed by atoms with E-state index >= 15 is 0 Å². The average Bonchev–Trinajstić information content (AvgIpc) is 3.26. The van der Waals surface area contributed by atoms with Gasteiger partial charge in [-0.3, -0.25) is 9.59 Å². The lowest BCUT2D eigenvalue weighted by Gasteiger charge is -2.24. The van der Waals surface area contributed by atoms with Gasteiger partial charge in [-0.05, 0) is 70.6 Å². The second kappa shape index (κ2) is 49.1. The highest BCUT2D eigenvalue weighted by Gasteiger charge is 2.24. The molecule has 3 N–H and O–H groups in total. The van der Waals surface area contributed by atoms with Crippen LogP contribution in [0.2, 0.25) is 0 Å². The van der Waals surface area contributed by atoms with Gasteiger partial charge in [0.1, 0.15) is 6.10 Å². The first kappa shape index (κ1) is 59.0. The predicted octanol–water partition coefficient (Wildman–Crippen LogP) is 15.6. The van der Waals surface area contributed by atoms with Crippen molar-refractivity contribution in [3.8, 4) is 0 Å². The molecular formula is C56H97NO5. The molecule has 6 nitrogen and oxygen atoms in total. The topological polar surface area (TPSA) is 95.9 Å². The third-order valence-corrected chi connectivity index (χ3v) is 11.4. The van der Waals surface area contributed by atoms with E-state index in [1.807, 2.05) is 12.2 Å². The number of hydrogen-bond donors (Lipinski definition) is 3. The van der Waals surface area contributed by atoms with Gasteiger partial charge in [0.2, 0.25) is 5.91 Å². The Kier molecular flexibility index (Phi) is 46.7. The van der Waals surface area contributed by atoms with Crippen molar-refractivity contribution in [2.24, 2.45) is 0 Å². The Hall–Kier alpha value is -2.96. The van der Waals surface area contributed by atoms with E-state index in [1.54, 1.807) is 0 Å². The van der Waals surface area contributed by atoms with Crippen molar-refractivity contribution in [1.29, 1.82) is 0 Å². The average molecular weight is 864 g/mol. The van der Waals surface area contributed by atoms with Gasteiger partial charge in [0, 0.05) is 6.42 Å². The minimum Gasteiger partial charge on any atom is -0.462 e. The number of carbonyl (C=O) groups is 2. The maximum absolute atomic E-state index is 13.2. The zero-order valence-electron chi connectivity index (χ0n) is 40.5. The molecule has 62 heavy (non-hydrogen) atoms. The first-order valence-electron chi connectivity index (χ1n) is 25.9. The summed E-state index contributed by atoms with van der Waals surface area (Å²) in [7, 11) is 0. The molecule has 0 bridgehead atoms. The molecule has 0 aliphatic rings. The van der Waals surface area contributed by atoms with Crippen LogP contribution in [0.1, 0.15) is 233 Å². The van der Waals surface area contributed by atoms with Gasteiger partial charge in [-0.25, -0.2) is 0 Å². The fourth-order valence-corrected chi connectivity index (χ4v) is 7.44. The standard InChI is InChI=1S/C56H97NO5/c1-4-7-10-13-16-19-22-24-26-27-28-29-31-34-37-40-43-46-49-56(61)62-52(47-44-41-38-35-32-21-18-15-12-9-6-3)50-55(60)57-53(51-58)54(59)48-45-42-39-36-33-30-25-23-20-17-14-11-8-5-2/h9,12,15-16,18-19,21-22,24,26-29,32,52-54,58-59H,4-8,10-11,13-14,17,20,23,25,30-31,33-51H2,1-3H3,(H,57,60)/b12-9+,18-15+,19-16+,24-22+,27-26+,29-28+,32-21-. The number of esters is 1. The van der Waals surface area contributed by atoms with Crippen LogP contribution < -0.4 is 5.32 Å². The molecule has 0 fully saturated rings. The smallest absolute Gasteiger partial charge is 0.306 e. The molecule has 1 amide bonds. The Bertz CT molecular complexity index is 1200. The Balaban J connectivity index is 4.61. The van der Waals surface area contributed by atoms with Crippen LogP contribution in [0.15, 0.2) is 85.1 Å². The maximum Gasteiger partial charge on any atom is 0.306 e. The van der Waals surface area contributed by atoms with E-state index in [2.05, 4.69) is 99.0 Å². The van der Waals surface area contributed by atoms with E-state index < -0.39 is 18.2 Å². The van der Waals surface area contributed by atoms with Crippen LogP contribution >= 0.6 is 0 Å². The van der Waals surface area contributed by atoms with E-state index in [-0.39, 0.29) is 24.9 Å². The Labute approximate surface area is 383 Å². The van der Waals surface area contributed by atoms with E-state index in [1.165, 1.54) is 89.9 Å². The van der Waals surface area contributed by atoms with Gasteiger partial charge < -0.3 is 20.3 Å². The Morgan fingerprint density at radius 2 is 0.871 bits per heavy atom. The molecule has 0 aromatic heterocycles. The normalized spacial score (nSPS) is 14.0. The summed E-state index contributed by atoms with van der Waals surface area (Å²) in [5, 5.41) is 23.7. The van der Waals surface area contributed by atoms with Crippen LogP contribution in [0.25, 0.3) is 0 Å². The SMILES string of the molecule is CC/C=C/C=C/C=C\CCCCCC(CC(=O)NC(CO)C(O)CCCCCCCCCCCCCCCC)OC(=O)CCCCCCC/C=C/C=C/C=C/C=C/CCCCC.